The zero-order chi connectivity index (χ0) is 17.3. The van der Waals surface area contributed by atoms with Crippen molar-refractivity contribution in [1.29, 1.82) is 0 Å². The average molecular weight is 325 g/mol. The van der Waals surface area contributed by atoms with Crippen molar-refractivity contribution in [1.82, 2.24) is 0 Å². The van der Waals surface area contributed by atoms with Gasteiger partial charge in [-0.1, -0.05) is 13.8 Å². The quantitative estimate of drug-likeness (QED) is 0.836. The number of carbonyl (C=O) groups is 1. The standard InChI is InChI=1S/C20H23NO3/c1-5-23-19(22)14-6-8-15(9-7-14)21-16-10-13(2)18-17(11-16)20(3,4)12-24-18/h6-11,21H,5,12H2,1-4H3. The van der Waals surface area contributed by atoms with Crippen molar-refractivity contribution in [2.45, 2.75) is 33.1 Å². The summed E-state index contributed by atoms with van der Waals surface area (Å²) in [5.41, 5.74) is 4.89. The predicted molar refractivity (Wildman–Crippen MR) is 95.4 cm³/mol. The van der Waals surface area contributed by atoms with E-state index in [0.29, 0.717) is 18.8 Å². The molecule has 0 spiro atoms. The second kappa shape index (κ2) is 6.19. The van der Waals surface area contributed by atoms with E-state index in [4.69, 9.17) is 9.47 Å². The van der Waals surface area contributed by atoms with Gasteiger partial charge in [0, 0.05) is 22.4 Å². The van der Waals surface area contributed by atoms with Gasteiger partial charge in [0.05, 0.1) is 18.8 Å². The summed E-state index contributed by atoms with van der Waals surface area (Å²) in [6.07, 6.45) is 0. The molecule has 126 valence electrons. The van der Waals surface area contributed by atoms with E-state index in [-0.39, 0.29) is 11.4 Å². The van der Waals surface area contributed by atoms with E-state index in [1.807, 2.05) is 12.1 Å². The van der Waals surface area contributed by atoms with Crippen LogP contribution >= 0.6 is 0 Å². The largest absolute Gasteiger partial charge is 0.492 e. The lowest BCUT2D eigenvalue weighted by atomic mass is 9.86. The highest BCUT2D eigenvalue weighted by Crippen LogP contribution is 2.42. The Morgan fingerprint density at radius 2 is 1.92 bits per heavy atom. The number of aryl methyl sites for hydroxylation is 1. The van der Waals surface area contributed by atoms with Crippen LogP contribution in [-0.2, 0) is 10.2 Å². The topological polar surface area (TPSA) is 47.6 Å². The van der Waals surface area contributed by atoms with E-state index in [9.17, 15) is 4.79 Å². The highest BCUT2D eigenvalue weighted by molar-refractivity contribution is 5.89. The number of anilines is 2. The van der Waals surface area contributed by atoms with Gasteiger partial charge >= 0.3 is 5.97 Å². The van der Waals surface area contributed by atoms with Crippen molar-refractivity contribution in [3.8, 4) is 5.75 Å². The number of ether oxygens (including phenoxy) is 2. The van der Waals surface area contributed by atoms with Crippen LogP contribution in [0.25, 0.3) is 0 Å². The Morgan fingerprint density at radius 3 is 2.58 bits per heavy atom. The maximum absolute atomic E-state index is 11.7. The van der Waals surface area contributed by atoms with Gasteiger partial charge in [0.25, 0.3) is 0 Å². The maximum atomic E-state index is 11.7. The minimum atomic E-state index is -0.295. The average Bonchev–Trinajstić information content (AvgIpc) is 2.84. The third-order valence-electron chi connectivity index (χ3n) is 4.27. The molecule has 0 saturated heterocycles. The van der Waals surface area contributed by atoms with Crippen LogP contribution in [0.2, 0.25) is 0 Å². The molecule has 0 amide bonds. The molecule has 1 aliphatic heterocycles. The van der Waals surface area contributed by atoms with Gasteiger partial charge in [-0.05, 0) is 55.8 Å². The summed E-state index contributed by atoms with van der Waals surface area (Å²) >= 11 is 0. The van der Waals surface area contributed by atoms with Crippen molar-refractivity contribution in [3.63, 3.8) is 0 Å². The Balaban J connectivity index is 1.82. The smallest absolute Gasteiger partial charge is 0.338 e. The number of nitrogens with one attached hydrogen (secondary N) is 1. The first-order valence-corrected chi connectivity index (χ1v) is 8.23. The van der Waals surface area contributed by atoms with Crippen molar-refractivity contribution in [2.75, 3.05) is 18.5 Å². The van der Waals surface area contributed by atoms with E-state index in [1.54, 1.807) is 19.1 Å². The molecule has 2 aromatic rings. The highest BCUT2D eigenvalue weighted by Gasteiger charge is 2.33. The molecule has 24 heavy (non-hydrogen) atoms. The number of hydrogen-bond acceptors (Lipinski definition) is 4. The monoisotopic (exact) mass is 325 g/mol. The van der Waals surface area contributed by atoms with Crippen LogP contribution in [0.1, 0.15) is 42.3 Å². The number of esters is 1. The summed E-state index contributed by atoms with van der Waals surface area (Å²) in [4.78, 5) is 11.7. The molecular weight excluding hydrogens is 302 g/mol. The van der Waals surface area contributed by atoms with Gasteiger partial charge in [-0.3, -0.25) is 0 Å². The van der Waals surface area contributed by atoms with Crippen LogP contribution in [0.5, 0.6) is 5.75 Å². The van der Waals surface area contributed by atoms with Crippen LogP contribution in [0.15, 0.2) is 36.4 Å². The van der Waals surface area contributed by atoms with Gasteiger partial charge in [-0.2, -0.15) is 0 Å². The summed E-state index contributed by atoms with van der Waals surface area (Å²) < 4.78 is 10.8. The summed E-state index contributed by atoms with van der Waals surface area (Å²) in [6, 6.07) is 11.5. The number of benzene rings is 2. The molecule has 1 heterocycles. The Morgan fingerprint density at radius 1 is 1.21 bits per heavy atom. The molecular formula is C20H23NO3. The Labute approximate surface area is 142 Å². The highest BCUT2D eigenvalue weighted by atomic mass is 16.5. The molecule has 0 fully saturated rings. The van der Waals surface area contributed by atoms with Gasteiger partial charge in [-0.15, -0.1) is 0 Å². The fourth-order valence-corrected chi connectivity index (χ4v) is 2.94. The molecule has 4 nitrogen and oxygen atoms in total. The maximum Gasteiger partial charge on any atom is 0.338 e. The summed E-state index contributed by atoms with van der Waals surface area (Å²) in [6.45, 7) is 9.34. The molecule has 0 radical (unpaired) electrons. The SMILES string of the molecule is CCOC(=O)c1ccc(Nc2cc(C)c3c(c2)C(C)(C)CO3)cc1. The first-order chi connectivity index (χ1) is 11.4. The van der Waals surface area contributed by atoms with Crippen LogP contribution in [0.4, 0.5) is 11.4 Å². The fraction of sp³-hybridized carbons (Fsp3) is 0.350. The molecule has 0 atom stereocenters. The van der Waals surface area contributed by atoms with E-state index < -0.39 is 0 Å². The van der Waals surface area contributed by atoms with Crippen LogP contribution in [-0.4, -0.2) is 19.2 Å². The van der Waals surface area contributed by atoms with Crippen LogP contribution in [0, 0.1) is 6.92 Å². The van der Waals surface area contributed by atoms with E-state index in [2.05, 4.69) is 38.2 Å². The van der Waals surface area contributed by atoms with Gasteiger partial charge in [0.1, 0.15) is 5.75 Å². The first-order valence-electron chi connectivity index (χ1n) is 8.23. The van der Waals surface area contributed by atoms with E-state index >= 15 is 0 Å². The molecule has 4 heteroatoms. The molecule has 0 unspecified atom stereocenters. The number of rotatable bonds is 4. The lowest BCUT2D eigenvalue weighted by Crippen LogP contribution is -2.18. The Hall–Kier alpha value is -2.49. The summed E-state index contributed by atoms with van der Waals surface area (Å²) in [7, 11) is 0. The van der Waals surface area contributed by atoms with Crippen molar-refractivity contribution in [3.05, 3.63) is 53.1 Å². The molecule has 0 aromatic heterocycles. The summed E-state index contributed by atoms with van der Waals surface area (Å²) in [5, 5.41) is 3.40. The normalized spacial score (nSPS) is 14.7. The van der Waals surface area contributed by atoms with E-state index in [0.717, 1.165) is 22.7 Å². The Kier molecular flexibility index (Phi) is 4.22. The van der Waals surface area contributed by atoms with Crippen molar-refractivity contribution in [2.24, 2.45) is 0 Å². The van der Waals surface area contributed by atoms with Crippen molar-refractivity contribution < 1.29 is 14.3 Å². The molecule has 0 bridgehead atoms. The zero-order valence-electron chi connectivity index (χ0n) is 14.6. The molecule has 2 aromatic carbocycles. The minimum absolute atomic E-state index is 0.0194. The van der Waals surface area contributed by atoms with Crippen LogP contribution in [0.3, 0.4) is 0 Å². The molecule has 3 rings (SSSR count). The predicted octanol–water partition coefficient (Wildman–Crippen LogP) is 4.59. The second-order valence-corrected chi connectivity index (χ2v) is 6.77. The lowest BCUT2D eigenvalue weighted by Gasteiger charge is -2.17. The zero-order valence-corrected chi connectivity index (χ0v) is 14.6. The number of carbonyl (C=O) groups excluding carboxylic acids is 1. The lowest BCUT2D eigenvalue weighted by molar-refractivity contribution is 0.0526. The fourth-order valence-electron chi connectivity index (χ4n) is 2.94. The molecule has 0 saturated carbocycles. The van der Waals surface area contributed by atoms with Gasteiger partial charge in [0.2, 0.25) is 0 Å². The van der Waals surface area contributed by atoms with Gasteiger partial charge < -0.3 is 14.8 Å². The number of fused-ring (bicyclic) bond motifs is 1. The first kappa shape index (κ1) is 16.4. The molecule has 0 aliphatic carbocycles. The minimum Gasteiger partial charge on any atom is -0.492 e. The molecule has 1 N–H and O–H groups in total. The van der Waals surface area contributed by atoms with Gasteiger partial charge in [-0.25, -0.2) is 4.79 Å². The van der Waals surface area contributed by atoms with Gasteiger partial charge in [0.15, 0.2) is 0 Å². The third-order valence-corrected chi connectivity index (χ3v) is 4.27. The number of hydrogen-bond donors (Lipinski definition) is 1. The second-order valence-electron chi connectivity index (χ2n) is 6.77. The summed E-state index contributed by atoms with van der Waals surface area (Å²) in [5.74, 6) is 0.708. The third kappa shape index (κ3) is 3.09. The molecule has 1 aliphatic rings. The Bertz CT molecular complexity index is 763. The van der Waals surface area contributed by atoms with Crippen molar-refractivity contribution >= 4 is 17.3 Å². The van der Waals surface area contributed by atoms with E-state index in [1.165, 1.54) is 5.56 Å². The van der Waals surface area contributed by atoms with Crippen LogP contribution < -0.4 is 10.1 Å².